The first kappa shape index (κ1) is 24.7. The van der Waals surface area contributed by atoms with Gasteiger partial charge in [-0.1, -0.05) is 0 Å². The summed E-state index contributed by atoms with van der Waals surface area (Å²) in [5.74, 6) is 0.689. The molecule has 1 aromatic rings. The number of guanidine groups is 1. The Morgan fingerprint density at radius 2 is 1.93 bits per heavy atom. The number of alkyl halides is 3. The number of nitrogens with one attached hydrogen (secondary N) is 1. The number of nitrogens with zero attached hydrogens (tertiary/aromatic N) is 4. The highest BCUT2D eigenvalue weighted by atomic mass is 127. The van der Waals surface area contributed by atoms with E-state index in [0.29, 0.717) is 63.3 Å². The van der Waals surface area contributed by atoms with E-state index >= 15 is 0 Å². The van der Waals surface area contributed by atoms with Crippen LogP contribution >= 0.6 is 35.3 Å². The third-order valence-corrected chi connectivity index (χ3v) is 4.78. The molecule has 2 rings (SSSR count). The number of ether oxygens (including phenoxy) is 1. The van der Waals surface area contributed by atoms with Crippen LogP contribution in [-0.2, 0) is 17.3 Å². The van der Waals surface area contributed by atoms with Crippen LogP contribution in [0.1, 0.15) is 24.5 Å². The molecule has 0 saturated carbocycles. The third-order valence-electron chi connectivity index (χ3n) is 3.87. The van der Waals surface area contributed by atoms with Crippen LogP contribution in [0.25, 0.3) is 0 Å². The van der Waals surface area contributed by atoms with Crippen molar-refractivity contribution in [3.8, 4) is 0 Å². The first-order valence-corrected chi connectivity index (χ1v) is 9.69. The van der Waals surface area contributed by atoms with Crippen LogP contribution in [0.3, 0.4) is 0 Å². The Hall–Kier alpha value is -1.31. The van der Waals surface area contributed by atoms with Gasteiger partial charge in [0.1, 0.15) is 0 Å². The topological polar surface area (TPSA) is 70.1 Å². The van der Waals surface area contributed by atoms with Gasteiger partial charge in [0.15, 0.2) is 11.7 Å². The van der Waals surface area contributed by atoms with Gasteiger partial charge in [-0.25, -0.2) is 9.78 Å². The van der Waals surface area contributed by atoms with Crippen molar-refractivity contribution in [2.45, 2.75) is 26.4 Å². The minimum Gasteiger partial charge on any atom is -0.450 e. The van der Waals surface area contributed by atoms with Crippen molar-refractivity contribution in [1.29, 1.82) is 0 Å². The Kier molecular flexibility index (Phi) is 10.3. The molecule has 1 amide bonds. The lowest BCUT2D eigenvalue weighted by Gasteiger charge is -2.35. The molecule has 160 valence electrons. The number of carbonyl (C=O) groups is 1. The summed E-state index contributed by atoms with van der Waals surface area (Å²) in [7, 11) is 0. The number of amides is 1. The molecule has 0 radical (unpaired) electrons. The maximum atomic E-state index is 12.6. The summed E-state index contributed by atoms with van der Waals surface area (Å²) in [6.45, 7) is 7.36. The number of aliphatic imine (C=N–C) groups is 1. The summed E-state index contributed by atoms with van der Waals surface area (Å²) in [6, 6.07) is 0. The van der Waals surface area contributed by atoms with E-state index in [0.717, 1.165) is 16.7 Å². The van der Waals surface area contributed by atoms with Gasteiger partial charge in [-0.05, 0) is 13.8 Å². The summed E-state index contributed by atoms with van der Waals surface area (Å²) in [5, 5.41) is 4.62. The van der Waals surface area contributed by atoms with Crippen LogP contribution < -0.4 is 5.32 Å². The lowest BCUT2D eigenvalue weighted by Crippen LogP contribution is -2.54. The third kappa shape index (κ3) is 7.26. The van der Waals surface area contributed by atoms with Gasteiger partial charge in [0.05, 0.1) is 11.6 Å². The number of aromatic nitrogens is 1. The van der Waals surface area contributed by atoms with Gasteiger partial charge >= 0.3 is 12.3 Å². The number of rotatable bonds is 5. The molecule has 1 aromatic heterocycles. The van der Waals surface area contributed by atoms with E-state index in [2.05, 4.69) is 15.3 Å². The highest BCUT2D eigenvalue weighted by Crippen LogP contribution is 2.30. The predicted molar refractivity (Wildman–Crippen MR) is 112 cm³/mol. The van der Waals surface area contributed by atoms with Crippen LogP contribution in [0.5, 0.6) is 0 Å². The molecule has 1 N–H and O–H groups in total. The summed E-state index contributed by atoms with van der Waals surface area (Å²) < 4.78 is 42.8. The fraction of sp³-hybridized carbons (Fsp3) is 0.688. The van der Waals surface area contributed by atoms with Gasteiger partial charge in [-0.15, -0.1) is 35.3 Å². The van der Waals surface area contributed by atoms with Crippen molar-refractivity contribution >= 4 is 47.4 Å². The van der Waals surface area contributed by atoms with E-state index in [1.54, 1.807) is 11.8 Å². The minimum atomic E-state index is -4.41. The van der Waals surface area contributed by atoms with Crippen LogP contribution in [0.4, 0.5) is 18.0 Å². The summed E-state index contributed by atoms with van der Waals surface area (Å²) in [5.41, 5.74) is -0.853. The SMILES string of the molecule is CCNC(=NCCc1nc(C(F)(F)F)cs1)N1CCN(C(=O)OCC)CC1.I. The summed E-state index contributed by atoms with van der Waals surface area (Å²) >= 11 is 0.993. The predicted octanol–water partition coefficient (Wildman–Crippen LogP) is 3.06. The van der Waals surface area contributed by atoms with Crippen molar-refractivity contribution in [1.82, 2.24) is 20.1 Å². The molecule has 1 aliphatic heterocycles. The van der Waals surface area contributed by atoms with E-state index in [4.69, 9.17) is 4.74 Å². The minimum absolute atomic E-state index is 0. The normalized spacial score (nSPS) is 15.2. The Morgan fingerprint density at radius 3 is 2.46 bits per heavy atom. The Balaban J connectivity index is 0.00000392. The average Bonchev–Trinajstić information content (AvgIpc) is 3.11. The number of halogens is 4. The molecule has 0 aliphatic carbocycles. The number of hydrogen-bond donors (Lipinski definition) is 1. The molecular formula is C16H25F3IN5O2S. The van der Waals surface area contributed by atoms with Crippen molar-refractivity contribution in [2.75, 3.05) is 45.9 Å². The molecule has 0 bridgehead atoms. The zero-order valence-electron chi connectivity index (χ0n) is 15.8. The molecule has 0 aromatic carbocycles. The first-order valence-electron chi connectivity index (χ1n) is 8.81. The largest absolute Gasteiger partial charge is 0.450 e. The van der Waals surface area contributed by atoms with Crippen molar-refractivity contribution in [2.24, 2.45) is 4.99 Å². The van der Waals surface area contributed by atoms with E-state index in [9.17, 15) is 18.0 Å². The Morgan fingerprint density at radius 1 is 1.29 bits per heavy atom. The van der Waals surface area contributed by atoms with Crippen LogP contribution in [-0.4, -0.2) is 72.7 Å². The molecule has 0 unspecified atom stereocenters. The van der Waals surface area contributed by atoms with E-state index < -0.39 is 11.9 Å². The summed E-state index contributed by atoms with van der Waals surface area (Å²) in [4.78, 5) is 23.5. The number of thiazole rings is 1. The highest BCUT2D eigenvalue weighted by Gasteiger charge is 2.33. The zero-order chi connectivity index (χ0) is 19.9. The monoisotopic (exact) mass is 535 g/mol. The molecule has 2 heterocycles. The number of piperazine rings is 1. The van der Waals surface area contributed by atoms with Gasteiger partial charge in [0.2, 0.25) is 0 Å². The second-order valence-corrected chi connectivity index (χ2v) is 6.73. The van der Waals surface area contributed by atoms with E-state index in [1.165, 1.54) is 0 Å². The Labute approximate surface area is 183 Å². The van der Waals surface area contributed by atoms with Crippen molar-refractivity contribution < 1.29 is 22.7 Å². The smallest absolute Gasteiger partial charge is 0.434 e. The standard InChI is InChI=1S/C16H24F3N5O2S.HI/c1-3-20-14(23-7-9-24(10-8-23)15(25)26-4-2)21-6-5-13-22-12(11-27-13)16(17,18)19;/h11H,3-10H2,1-2H3,(H,20,21);1H. The van der Waals surface area contributed by atoms with Crippen LogP contribution in [0, 0.1) is 0 Å². The Bertz CT molecular complexity index is 648. The molecule has 0 atom stereocenters. The zero-order valence-corrected chi connectivity index (χ0v) is 18.9. The quantitative estimate of drug-likeness (QED) is 0.357. The van der Waals surface area contributed by atoms with Gasteiger partial charge in [-0.3, -0.25) is 4.99 Å². The first-order chi connectivity index (χ1) is 12.8. The van der Waals surface area contributed by atoms with Gasteiger partial charge < -0.3 is 19.9 Å². The van der Waals surface area contributed by atoms with E-state index in [-0.39, 0.29) is 30.1 Å². The van der Waals surface area contributed by atoms with Crippen molar-refractivity contribution in [3.05, 3.63) is 16.1 Å². The molecule has 1 saturated heterocycles. The van der Waals surface area contributed by atoms with E-state index in [1.807, 2.05) is 11.8 Å². The maximum Gasteiger partial charge on any atom is 0.434 e. The summed E-state index contributed by atoms with van der Waals surface area (Å²) in [6.07, 6.45) is -4.38. The molecule has 7 nitrogen and oxygen atoms in total. The molecule has 0 spiro atoms. The fourth-order valence-corrected chi connectivity index (χ4v) is 3.35. The van der Waals surface area contributed by atoms with Crippen LogP contribution in [0.2, 0.25) is 0 Å². The van der Waals surface area contributed by atoms with Crippen molar-refractivity contribution in [3.63, 3.8) is 0 Å². The molecule has 1 aliphatic rings. The lowest BCUT2D eigenvalue weighted by molar-refractivity contribution is -0.140. The molecule has 12 heteroatoms. The second kappa shape index (κ2) is 11.6. The fourth-order valence-electron chi connectivity index (χ4n) is 2.55. The second-order valence-electron chi connectivity index (χ2n) is 5.78. The number of carbonyl (C=O) groups excluding carboxylic acids is 1. The molecular weight excluding hydrogens is 510 g/mol. The van der Waals surface area contributed by atoms with Crippen LogP contribution in [0.15, 0.2) is 10.4 Å². The molecule has 1 fully saturated rings. The van der Waals surface area contributed by atoms with Gasteiger partial charge in [0.25, 0.3) is 0 Å². The lowest BCUT2D eigenvalue weighted by atomic mass is 10.3. The van der Waals surface area contributed by atoms with Gasteiger partial charge in [-0.2, -0.15) is 13.2 Å². The van der Waals surface area contributed by atoms with Gasteiger partial charge in [0, 0.05) is 51.1 Å². The number of hydrogen-bond acceptors (Lipinski definition) is 5. The average molecular weight is 535 g/mol. The maximum absolute atomic E-state index is 12.6. The highest BCUT2D eigenvalue weighted by molar-refractivity contribution is 14.0. The molecule has 28 heavy (non-hydrogen) atoms.